The van der Waals surface area contributed by atoms with E-state index in [1.54, 1.807) is 0 Å². The van der Waals surface area contributed by atoms with Crippen LogP contribution in [0.2, 0.25) is 0 Å². The molecule has 0 aromatic rings. The number of hydrogen-bond acceptors (Lipinski definition) is 2. The first-order chi connectivity index (χ1) is 7.58. The molecule has 0 saturated carbocycles. The fourth-order valence-corrected chi connectivity index (χ4v) is 2.41. The van der Waals surface area contributed by atoms with Crippen molar-refractivity contribution in [3.63, 3.8) is 0 Å². The lowest BCUT2D eigenvalue weighted by Crippen LogP contribution is -2.33. The van der Waals surface area contributed by atoms with Crippen molar-refractivity contribution in [3.05, 3.63) is 0 Å². The standard InChI is InChI=1S/C13H26N2O/c1-10(2)8-11(3)15-13(16)5-4-12-6-7-14-9-12/h10-12,14H,4-9H2,1-3H3,(H,15,16). The summed E-state index contributed by atoms with van der Waals surface area (Å²) in [6.45, 7) is 8.68. The van der Waals surface area contributed by atoms with E-state index in [1.807, 2.05) is 0 Å². The highest BCUT2D eigenvalue weighted by Gasteiger charge is 2.16. The van der Waals surface area contributed by atoms with Crippen LogP contribution in [0.15, 0.2) is 0 Å². The topological polar surface area (TPSA) is 41.1 Å². The van der Waals surface area contributed by atoms with E-state index in [4.69, 9.17) is 0 Å². The second-order valence-electron chi connectivity index (χ2n) is 5.50. The van der Waals surface area contributed by atoms with E-state index in [9.17, 15) is 4.79 Å². The molecule has 1 fully saturated rings. The summed E-state index contributed by atoms with van der Waals surface area (Å²) >= 11 is 0. The van der Waals surface area contributed by atoms with E-state index in [2.05, 4.69) is 31.4 Å². The SMILES string of the molecule is CC(C)CC(C)NC(=O)CCC1CCNC1. The molecule has 94 valence electrons. The summed E-state index contributed by atoms with van der Waals surface area (Å²) in [7, 11) is 0. The minimum absolute atomic E-state index is 0.222. The van der Waals surface area contributed by atoms with Gasteiger partial charge in [0.2, 0.25) is 5.91 Å². The highest BCUT2D eigenvalue weighted by atomic mass is 16.1. The Labute approximate surface area is 99.4 Å². The number of hydrogen-bond donors (Lipinski definition) is 2. The molecule has 1 aliphatic rings. The van der Waals surface area contributed by atoms with E-state index in [-0.39, 0.29) is 5.91 Å². The van der Waals surface area contributed by atoms with Crippen LogP contribution in [0.25, 0.3) is 0 Å². The van der Waals surface area contributed by atoms with Crippen molar-refractivity contribution in [2.24, 2.45) is 11.8 Å². The zero-order valence-electron chi connectivity index (χ0n) is 10.9. The van der Waals surface area contributed by atoms with Crippen LogP contribution < -0.4 is 10.6 Å². The van der Waals surface area contributed by atoms with Crippen molar-refractivity contribution >= 4 is 5.91 Å². The predicted octanol–water partition coefficient (Wildman–Crippen LogP) is 1.93. The summed E-state index contributed by atoms with van der Waals surface area (Å²) < 4.78 is 0. The average molecular weight is 226 g/mol. The van der Waals surface area contributed by atoms with E-state index in [0.717, 1.165) is 25.9 Å². The Balaban J connectivity index is 2.09. The molecular weight excluding hydrogens is 200 g/mol. The fraction of sp³-hybridized carbons (Fsp3) is 0.923. The maximum Gasteiger partial charge on any atom is 0.220 e. The van der Waals surface area contributed by atoms with Gasteiger partial charge in [-0.05, 0) is 51.1 Å². The summed E-state index contributed by atoms with van der Waals surface area (Å²) in [5.74, 6) is 1.58. The summed E-state index contributed by atoms with van der Waals surface area (Å²) in [4.78, 5) is 11.7. The van der Waals surface area contributed by atoms with Gasteiger partial charge in [-0.15, -0.1) is 0 Å². The van der Waals surface area contributed by atoms with E-state index in [0.29, 0.717) is 24.3 Å². The van der Waals surface area contributed by atoms with Crippen LogP contribution in [0.4, 0.5) is 0 Å². The minimum Gasteiger partial charge on any atom is -0.354 e. The second kappa shape index (κ2) is 6.89. The van der Waals surface area contributed by atoms with Crippen LogP contribution in [-0.2, 0) is 4.79 Å². The van der Waals surface area contributed by atoms with Gasteiger partial charge < -0.3 is 10.6 Å². The van der Waals surface area contributed by atoms with Gasteiger partial charge in [0.15, 0.2) is 0 Å². The Morgan fingerprint density at radius 2 is 2.19 bits per heavy atom. The third-order valence-corrected chi connectivity index (χ3v) is 3.17. The fourth-order valence-electron chi connectivity index (χ4n) is 2.41. The molecular formula is C13H26N2O. The predicted molar refractivity (Wildman–Crippen MR) is 67.3 cm³/mol. The largest absolute Gasteiger partial charge is 0.354 e. The van der Waals surface area contributed by atoms with Gasteiger partial charge in [0, 0.05) is 12.5 Å². The maximum atomic E-state index is 11.7. The number of carbonyl (C=O) groups excluding carboxylic acids is 1. The van der Waals surface area contributed by atoms with Gasteiger partial charge in [-0.25, -0.2) is 0 Å². The molecule has 1 saturated heterocycles. The van der Waals surface area contributed by atoms with Crippen LogP contribution in [0, 0.1) is 11.8 Å². The van der Waals surface area contributed by atoms with Gasteiger partial charge in [0.1, 0.15) is 0 Å². The first-order valence-corrected chi connectivity index (χ1v) is 6.58. The molecule has 0 aromatic carbocycles. The van der Waals surface area contributed by atoms with Crippen molar-refractivity contribution in [1.29, 1.82) is 0 Å². The van der Waals surface area contributed by atoms with E-state index >= 15 is 0 Å². The summed E-state index contributed by atoms with van der Waals surface area (Å²) in [6.07, 6.45) is 4.02. The third kappa shape index (κ3) is 5.50. The molecule has 1 rings (SSSR count). The Morgan fingerprint density at radius 3 is 2.75 bits per heavy atom. The molecule has 3 nitrogen and oxygen atoms in total. The molecule has 2 atom stereocenters. The molecule has 0 spiro atoms. The highest BCUT2D eigenvalue weighted by Crippen LogP contribution is 2.14. The summed E-state index contributed by atoms with van der Waals surface area (Å²) in [6, 6.07) is 0.314. The molecule has 3 heteroatoms. The minimum atomic E-state index is 0.222. The van der Waals surface area contributed by atoms with Crippen molar-refractivity contribution in [2.75, 3.05) is 13.1 Å². The molecule has 0 aromatic heterocycles. The Morgan fingerprint density at radius 1 is 1.44 bits per heavy atom. The van der Waals surface area contributed by atoms with E-state index < -0.39 is 0 Å². The number of rotatable bonds is 6. The first kappa shape index (κ1) is 13.5. The lowest BCUT2D eigenvalue weighted by atomic mass is 10.0. The van der Waals surface area contributed by atoms with Crippen LogP contribution in [0.5, 0.6) is 0 Å². The zero-order chi connectivity index (χ0) is 12.0. The van der Waals surface area contributed by atoms with Crippen molar-refractivity contribution < 1.29 is 4.79 Å². The molecule has 2 N–H and O–H groups in total. The summed E-state index contributed by atoms with van der Waals surface area (Å²) in [5.41, 5.74) is 0. The monoisotopic (exact) mass is 226 g/mol. The van der Waals surface area contributed by atoms with Crippen molar-refractivity contribution in [1.82, 2.24) is 10.6 Å². The molecule has 1 amide bonds. The second-order valence-corrected chi connectivity index (χ2v) is 5.50. The van der Waals surface area contributed by atoms with Gasteiger partial charge in [0.05, 0.1) is 0 Å². The quantitative estimate of drug-likeness (QED) is 0.726. The molecule has 1 aliphatic heterocycles. The molecule has 1 heterocycles. The summed E-state index contributed by atoms with van der Waals surface area (Å²) in [5, 5.41) is 6.41. The smallest absolute Gasteiger partial charge is 0.220 e. The lowest BCUT2D eigenvalue weighted by molar-refractivity contribution is -0.122. The Bertz CT molecular complexity index is 210. The van der Waals surface area contributed by atoms with Gasteiger partial charge in [-0.3, -0.25) is 4.79 Å². The maximum absolute atomic E-state index is 11.7. The van der Waals surface area contributed by atoms with Crippen LogP contribution in [0.3, 0.4) is 0 Å². The highest BCUT2D eigenvalue weighted by molar-refractivity contribution is 5.76. The normalized spacial score (nSPS) is 22.4. The molecule has 0 radical (unpaired) electrons. The van der Waals surface area contributed by atoms with E-state index in [1.165, 1.54) is 6.42 Å². The number of nitrogens with one attached hydrogen (secondary N) is 2. The Hall–Kier alpha value is -0.570. The Kier molecular flexibility index (Phi) is 5.81. The molecule has 2 unspecified atom stereocenters. The van der Waals surface area contributed by atoms with Crippen LogP contribution in [0.1, 0.15) is 46.5 Å². The first-order valence-electron chi connectivity index (χ1n) is 6.58. The van der Waals surface area contributed by atoms with Crippen molar-refractivity contribution in [3.8, 4) is 0 Å². The average Bonchev–Trinajstić information content (AvgIpc) is 2.65. The van der Waals surface area contributed by atoms with Crippen LogP contribution in [-0.4, -0.2) is 25.0 Å². The zero-order valence-corrected chi connectivity index (χ0v) is 10.9. The van der Waals surface area contributed by atoms with Gasteiger partial charge >= 0.3 is 0 Å². The van der Waals surface area contributed by atoms with Gasteiger partial charge in [-0.1, -0.05) is 13.8 Å². The van der Waals surface area contributed by atoms with Crippen molar-refractivity contribution in [2.45, 2.75) is 52.5 Å². The number of amides is 1. The number of carbonyl (C=O) groups is 1. The molecule has 0 aliphatic carbocycles. The lowest BCUT2D eigenvalue weighted by Gasteiger charge is -2.16. The third-order valence-electron chi connectivity index (χ3n) is 3.17. The molecule has 16 heavy (non-hydrogen) atoms. The van der Waals surface area contributed by atoms with Gasteiger partial charge in [-0.2, -0.15) is 0 Å². The van der Waals surface area contributed by atoms with Gasteiger partial charge in [0.25, 0.3) is 0 Å². The van der Waals surface area contributed by atoms with Crippen LogP contribution >= 0.6 is 0 Å². The molecule has 0 bridgehead atoms.